The first-order valence-electron chi connectivity index (χ1n) is 6.43. The van der Waals surface area contributed by atoms with Crippen LogP contribution in [-0.4, -0.2) is 50.7 Å². The molecule has 0 aromatic heterocycles. The van der Waals surface area contributed by atoms with Crippen molar-refractivity contribution in [2.45, 2.75) is 13.0 Å². The van der Waals surface area contributed by atoms with Crippen molar-refractivity contribution in [1.29, 1.82) is 0 Å². The lowest BCUT2D eigenvalue weighted by Gasteiger charge is -2.13. The van der Waals surface area contributed by atoms with E-state index in [1.165, 1.54) is 6.26 Å². The van der Waals surface area contributed by atoms with Gasteiger partial charge in [-0.25, -0.2) is 8.42 Å². The normalized spacial score (nSPS) is 13.9. The SMILES string of the molecule is CC(CS(C)(=O)=O)NCCOc1ccc(C(N)=NO)cc1. The molecule has 0 heterocycles. The van der Waals surface area contributed by atoms with Gasteiger partial charge in [-0.15, -0.1) is 0 Å². The van der Waals surface area contributed by atoms with Gasteiger partial charge in [-0.3, -0.25) is 0 Å². The fourth-order valence-electron chi connectivity index (χ4n) is 1.77. The minimum absolute atomic E-state index is 0.0396. The first-order valence-corrected chi connectivity index (χ1v) is 8.50. The van der Waals surface area contributed by atoms with Gasteiger partial charge in [-0.05, 0) is 31.2 Å². The highest BCUT2D eigenvalue weighted by Gasteiger charge is 2.09. The van der Waals surface area contributed by atoms with Crippen molar-refractivity contribution in [2.24, 2.45) is 10.9 Å². The van der Waals surface area contributed by atoms with Gasteiger partial charge in [0.2, 0.25) is 0 Å². The Balaban J connectivity index is 2.33. The number of amidine groups is 1. The Kier molecular flexibility index (Phi) is 6.44. The van der Waals surface area contributed by atoms with Crippen LogP contribution in [0.1, 0.15) is 12.5 Å². The summed E-state index contributed by atoms with van der Waals surface area (Å²) in [5.41, 5.74) is 6.05. The van der Waals surface area contributed by atoms with Gasteiger partial charge in [0.15, 0.2) is 5.84 Å². The Hall–Kier alpha value is -1.80. The number of hydrogen-bond acceptors (Lipinski definition) is 6. The third kappa shape index (κ3) is 6.96. The molecule has 1 atom stereocenters. The Morgan fingerprint density at radius 2 is 2.05 bits per heavy atom. The van der Waals surface area contributed by atoms with Crippen molar-refractivity contribution in [3.05, 3.63) is 29.8 Å². The number of oxime groups is 1. The largest absolute Gasteiger partial charge is 0.492 e. The van der Waals surface area contributed by atoms with Crippen LogP contribution >= 0.6 is 0 Å². The molecule has 118 valence electrons. The monoisotopic (exact) mass is 315 g/mol. The van der Waals surface area contributed by atoms with Gasteiger partial charge >= 0.3 is 0 Å². The molecule has 0 aliphatic carbocycles. The highest BCUT2D eigenvalue weighted by molar-refractivity contribution is 7.90. The average Bonchev–Trinajstić information content (AvgIpc) is 2.41. The number of benzene rings is 1. The van der Waals surface area contributed by atoms with Crippen molar-refractivity contribution in [1.82, 2.24) is 5.32 Å². The quantitative estimate of drug-likeness (QED) is 0.207. The van der Waals surface area contributed by atoms with E-state index in [0.717, 1.165) is 0 Å². The molecule has 0 saturated carbocycles. The third-order valence-electron chi connectivity index (χ3n) is 2.67. The van der Waals surface area contributed by atoms with Crippen LogP contribution in [0.25, 0.3) is 0 Å². The Morgan fingerprint density at radius 1 is 1.43 bits per heavy atom. The van der Waals surface area contributed by atoms with Crippen LogP contribution < -0.4 is 15.8 Å². The number of sulfone groups is 1. The Labute approximate surface area is 124 Å². The number of hydrogen-bond donors (Lipinski definition) is 3. The molecule has 0 saturated heterocycles. The second-order valence-corrected chi connectivity index (χ2v) is 6.99. The zero-order valence-electron chi connectivity index (χ0n) is 12.1. The lowest BCUT2D eigenvalue weighted by atomic mass is 10.2. The van der Waals surface area contributed by atoms with Crippen molar-refractivity contribution < 1.29 is 18.4 Å². The van der Waals surface area contributed by atoms with E-state index in [-0.39, 0.29) is 17.6 Å². The van der Waals surface area contributed by atoms with Crippen LogP contribution in [-0.2, 0) is 9.84 Å². The molecule has 4 N–H and O–H groups in total. The first kappa shape index (κ1) is 17.3. The van der Waals surface area contributed by atoms with E-state index < -0.39 is 9.84 Å². The van der Waals surface area contributed by atoms with E-state index in [9.17, 15) is 8.42 Å². The fourth-order valence-corrected chi connectivity index (χ4v) is 2.79. The maximum atomic E-state index is 11.1. The summed E-state index contributed by atoms with van der Waals surface area (Å²) in [5.74, 6) is 0.793. The lowest BCUT2D eigenvalue weighted by molar-refractivity contribution is 0.309. The Morgan fingerprint density at radius 3 is 2.57 bits per heavy atom. The molecular formula is C13H21N3O4S. The smallest absolute Gasteiger partial charge is 0.170 e. The van der Waals surface area contributed by atoms with Gasteiger partial charge in [0.05, 0.1) is 5.75 Å². The van der Waals surface area contributed by atoms with Crippen LogP contribution in [0.2, 0.25) is 0 Å². The van der Waals surface area contributed by atoms with E-state index in [1.807, 2.05) is 6.92 Å². The molecule has 0 bridgehead atoms. The minimum atomic E-state index is -2.97. The van der Waals surface area contributed by atoms with Gasteiger partial charge in [0.1, 0.15) is 22.2 Å². The minimum Gasteiger partial charge on any atom is -0.492 e. The summed E-state index contributed by atoms with van der Waals surface area (Å²) < 4.78 is 27.7. The summed E-state index contributed by atoms with van der Waals surface area (Å²) in [7, 11) is -2.97. The molecule has 1 aromatic carbocycles. The first-order chi connectivity index (χ1) is 9.81. The maximum Gasteiger partial charge on any atom is 0.170 e. The van der Waals surface area contributed by atoms with Crippen LogP contribution in [0.5, 0.6) is 5.75 Å². The number of nitrogens with one attached hydrogen (secondary N) is 1. The summed E-state index contributed by atoms with van der Waals surface area (Å²) in [6.45, 7) is 2.77. The molecule has 1 unspecified atom stereocenters. The van der Waals surface area contributed by atoms with Crippen molar-refractivity contribution in [3.63, 3.8) is 0 Å². The number of ether oxygens (including phenoxy) is 1. The third-order valence-corrected chi connectivity index (χ3v) is 3.78. The summed E-state index contributed by atoms with van der Waals surface area (Å²) >= 11 is 0. The second kappa shape index (κ2) is 7.84. The molecule has 0 spiro atoms. The molecule has 7 nitrogen and oxygen atoms in total. The van der Waals surface area contributed by atoms with E-state index >= 15 is 0 Å². The highest BCUT2D eigenvalue weighted by Crippen LogP contribution is 2.11. The van der Waals surface area contributed by atoms with Gasteiger partial charge in [-0.1, -0.05) is 5.16 Å². The van der Waals surface area contributed by atoms with Crippen LogP contribution in [0.4, 0.5) is 0 Å². The topological polar surface area (TPSA) is 114 Å². The highest BCUT2D eigenvalue weighted by atomic mass is 32.2. The molecule has 1 rings (SSSR count). The molecule has 0 aliphatic rings. The van der Waals surface area contributed by atoms with Crippen molar-refractivity contribution in [2.75, 3.05) is 25.2 Å². The van der Waals surface area contributed by atoms with Gasteiger partial charge < -0.3 is 21.0 Å². The molecule has 1 aromatic rings. The summed E-state index contributed by atoms with van der Waals surface area (Å²) in [6, 6.07) is 6.68. The lowest BCUT2D eigenvalue weighted by Crippen LogP contribution is -2.35. The van der Waals surface area contributed by atoms with Gasteiger partial charge in [0, 0.05) is 24.4 Å². The van der Waals surface area contributed by atoms with Crippen molar-refractivity contribution >= 4 is 15.7 Å². The summed E-state index contributed by atoms with van der Waals surface area (Å²) in [4.78, 5) is 0. The second-order valence-electron chi connectivity index (χ2n) is 4.81. The van der Waals surface area contributed by atoms with E-state index in [2.05, 4.69) is 10.5 Å². The molecule has 0 radical (unpaired) electrons. The molecule has 21 heavy (non-hydrogen) atoms. The predicted octanol–water partition coefficient (Wildman–Crippen LogP) is 0.183. The number of nitrogens with two attached hydrogens (primary N) is 1. The van der Waals surface area contributed by atoms with Crippen LogP contribution in [0.15, 0.2) is 29.4 Å². The summed E-state index contributed by atoms with van der Waals surface area (Å²) in [6.07, 6.45) is 1.21. The molecule has 0 fully saturated rings. The fraction of sp³-hybridized carbons (Fsp3) is 0.462. The van der Waals surface area contributed by atoms with Crippen molar-refractivity contribution in [3.8, 4) is 5.75 Å². The predicted molar refractivity (Wildman–Crippen MR) is 81.6 cm³/mol. The zero-order chi connectivity index (χ0) is 15.9. The van der Waals surface area contributed by atoms with E-state index in [1.54, 1.807) is 24.3 Å². The van der Waals surface area contributed by atoms with E-state index in [0.29, 0.717) is 24.5 Å². The maximum absolute atomic E-state index is 11.1. The van der Waals surface area contributed by atoms with Gasteiger partial charge in [-0.2, -0.15) is 0 Å². The molecule has 8 heteroatoms. The molecule has 0 aliphatic heterocycles. The molecular weight excluding hydrogens is 294 g/mol. The number of nitrogens with zero attached hydrogens (tertiary/aromatic N) is 1. The van der Waals surface area contributed by atoms with Gasteiger partial charge in [0.25, 0.3) is 0 Å². The standard InChI is InChI=1S/C13H21N3O4S/c1-10(9-21(2,18)19)15-7-8-20-12-5-3-11(4-6-12)13(14)16-17/h3-6,10,15,17H,7-9H2,1-2H3,(H2,14,16). The Bertz CT molecular complexity index is 570. The number of rotatable bonds is 8. The zero-order valence-corrected chi connectivity index (χ0v) is 12.9. The summed E-state index contributed by atoms with van der Waals surface area (Å²) in [5, 5.41) is 14.5. The van der Waals surface area contributed by atoms with E-state index in [4.69, 9.17) is 15.7 Å². The van der Waals surface area contributed by atoms with Crippen LogP contribution in [0, 0.1) is 0 Å². The van der Waals surface area contributed by atoms with Crippen LogP contribution in [0.3, 0.4) is 0 Å². The molecule has 0 amide bonds. The average molecular weight is 315 g/mol.